The minimum Gasteiger partial charge on any atom is -0.300 e. The van der Waals surface area contributed by atoms with Crippen LogP contribution in [0.4, 0.5) is 5.69 Å². The van der Waals surface area contributed by atoms with Crippen LogP contribution in [-0.4, -0.2) is 5.91 Å². The molecule has 0 spiro atoms. The highest BCUT2D eigenvalue weighted by molar-refractivity contribution is 6.13. The first-order chi connectivity index (χ1) is 10.2. The highest BCUT2D eigenvalue weighted by Gasteiger charge is 2.45. The molecule has 0 saturated heterocycles. The molecule has 2 aliphatic heterocycles. The van der Waals surface area contributed by atoms with Gasteiger partial charge in [-0.1, -0.05) is 49.4 Å². The Morgan fingerprint density at radius 2 is 1.67 bits per heavy atom. The molecule has 104 valence electrons. The number of benzene rings is 2. The second-order valence-corrected chi connectivity index (χ2v) is 5.76. The Labute approximate surface area is 124 Å². The molecule has 2 nitrogen and oxygen atoms in total. The Balaban J connectivity index is 2.02. The smallest absolute Gasteiger partial charge is 0.259 e. The zero-order chi connectivity index (χ0) is 14.6. The lowest BCUT2D eigenvalue weighted by Gasteiger charge is -2.38. The molecule has 0 fully saturated rings. The van der Waals surface area contributed by atoms with E-state index in [2.05, 4.69) is 38.1 Å². The predicted octanol–water partition coefficient (Wildman–Crippen LogP) is 4.44. The highest BCUT2D eigenvalue weighted by atomic mass is 16.2. The topological polar surface area (TPSA) is 20.3 Å². The monoisotopic (exact) mass is 275 g/mol. The normalized spacial score (nSPS) is 24.8. The van der Waals surface area contributed by atoms with Gasteiger partial charge in [0, 0.05) is 17.0 Å². The summed E-state index contributed by atoms with van der Waals surface area (Å²) in [7, 11) is 0. The van der Waals surface area contributed by atoms with Crippen LogP contribution in [0.25, 0.3) is 5.57 Å². The fourth-order valence-electron chi connectivity index (χ4n) is 3.86. The van der Waals surface area contributed by atoms with E-state index in [0.717, 1.165) is 16.8 Å². The van der Waals surface area contributed by atoms with E-state index in [9.17, 15) is 4.79 Å². The number of carbonyl (C=O) groups is 1. The predicted molar refractivity (Wildman–Crippen MR) is 85.2 cm³/mol. The number of amides is 1. The van der Waals surface area contributed by atoms with Gasteiger partial charge in [0.05, 0.1) is 11.7 Å². The van der Waals surface area contributed by atoms with Crippen LogP contribution in [0.3, 0.4) is 0 Å². The van der Waals surface area contributed by atoms with Crippen molar-refractivity contribution in [3.8, 4) is 0 Å². The van der Waals surface area contributed by atoms with Gasteiger partial charge >= 0.3 is 0 Å². The zero-order valence-electron chi connectivity index (χ0n) is 12.2. The summed E-state index contributed by atoms with van der Waals surface area (Å²) in [5, 5.41) is 0. The number of anilines is 1. The molecule has 0 N–H and O–H groups in total. The Morgan fingerprint density at radius 3 is 2.43 bits per heavy atom. The molecule has 0 saturated carbocycles. The highest BCUT2D eigenvalue weighted by Crippen LogP contribution is 2.52. The first-order valence-electron chi connectivity index (χ1n) is 7.42. The number of hydrogen-bond donors (Lipinski definition) is 0. The number of rotatable bonds is 0. The number of hydrogen-bond acceptors (Lipinski definition) is 1. The molecule has 0 bridgehead atoms. The van der Waals surface area contributed by atoms with Gasteiger partial charge in [-0.3, -0.25) is 9.69 Å². The van der Waals surface area contributed by atoms with Gasteiger partial charge in [-0.25, -0.2) is 0 Å². The van der Waals surface area contributed by atoms with Crippen LogP contribution in [-0.2, 0) is 0 Å². The van der Waals surface area contributed by atoms with Crippen LogP contribution in [0, 0.1) is 5.92 Å². The van der Waals surface area contributed by atoms with Crippen molar-refractivity contribution in [3.05, 3.63) is 71.3 Å². The summed E-state index contributed by atoms with van der Waals surface area (Å²) in [6, 6.07) is 16.4. The summed E-state index contributed by atoms with van der Waals surface area (Å²) in [5.41, 5.74) is 5.56. The Bertz CT molecular complexity index is 775. The second-order valence-electron chi connectivity index (χ2n) is 5.76. The maximum atomic E-state index is 12.8. The fourth-order valence-corrected chi connectivity index (χ4v) is 3.86. The molecule has 0 aromatic heterocycles. The van der Waals surface area contributed by atoms with Gasteiger partial charge in [-0.15, -0.1) is 0 Å². The molecular formula is C19H17NO. The van der Waals surface area contributed by atoms with Crippen LogP contribution in [0.15, 0.2) is 54.6 Å². The largest absolute Gasteiger partial charge is 0.300 e. The SMILES string of the molecule is C/C=C1\c2ccccc2N2C(=O)c3ccccc3[C@@H]2[C@@H]1C. The number of fused-ring (bicyclic) bond motifs is 5. The number of carbonyl (C=O) groups excluding carboxylic acids is 1. The van der Waals surface area contributed by atoms with Crippen molar-refractivity contribution in [1.82, 2.24) is 0 Å². The van der Waals surface area contributed by atoms with Gasteiger partial charge < -0.3 is 0 Å². The van der Waals surface area contributed by atoms with Crippen molar-refractivity contribution in [2.75, 3.05) is 4.90 Å². The van der Waals surface area contributed by atoms with E-state index in [1.807, 2.05) is 35.2 Å². The third-order valence-electron chi connectivity index (χ3n) is 4.76. The lowest BCUT2D eigenvalue weighted by atomic mass is 9.80. The van der Waals surface area contributed by atoms with Crippen LogP contribution in [0.5, 0.6) is 0 Å². The van der Waals surface area contributed by atoms with Gasteiger partial charge in [0.15, 0.2) is 0 Å². The number of para-hydroxylation sites is 1. The van der Waals surface area contributed by atoms with Crippen molar-refractivity contribution in [3.63, 3.8) is 0 Å². The lowest BCUT2D eigenvalue weighted by Crippen LogP contribution is -2.36. The first-order valence-corrected chi connectivity index (χ1v) is 7.42. The molecule has 2 heteroatoms. The van der Waals surface area contributed by atoms with Gasteiger partial charge in [0.2, 0.25) is 0 Å². The standard InChI is InChI=1S/C19H17NO/c1-3-13-12(2)18-15-9-4-5-10-16(15)19(21)20(18)17-11-7-6-8-14(13)17/h3-12,18H,1-2H3/b13-3-/t12-,18+/m1/s1. The summed E-state index contributed by atoms with van der Waals surface area (Å²) in [4.78, 5) is 14.8. The third-order valence-corrected chi connectivity index (χ3v) is 4.76. The van der Waals surface area contributed by atoms with Crippen molar-refractivity contribution < 1.29 is 4.79 Å². The van der Waals surface area contributed by atoms with Crippen molar-refractivity contribution >= 4 is 17.2 Å². The maximum Gasteiger partial charge on any atom is 0.259 e. The number of allylic oxidation sites excluding steroid dienone is 1. The minimum atomic E-state index is 0.120. The molecular weight excluding hydrogens is 258 g/mol. The van der Waals surface area contributed by atoms with E-state index >= 15 is 0 Å². The molecule has 2 atom stereocenters. The van der Waals surface area contributed by atoms with Crippen LogP contribution >= 0.6 is 0 Å². The third kappa shape index (κ3) is 1.50. The van der Waals surface area contributed by atoms with Crippen molar-refractivity contribution in [1.29, 1.82) is 0 Å². The lowest BCUT2D eigenvalue weighted by molar-refractivity contribution is 0.0987. The summed E-state index contributed by atoms with van der Waals surface area (Å²) in [5.74, 6) is 0.433. The average molecular weight is 275 g/mol. The molecule has 0 radical (unpaired) electrons. The molecule has 2 aromatic carbocycles. The average Bonchev–Trinajstić information content (AvgIpc) is 2.82. The van der Waals surface area contributed by atoms with E-state index in [4.69, 9.17) is 0 Å². The van der Waals surface area contributed by atoms with Gasteiger partial charge in [0.1, 0.15) is 0 Å². The Kier molecular flexibility index (Phi) is 2.55. The van der Waals surface area contributed by atoms with E-state index in [0.29, 0.717) is 5.92 Å². The van der Waals surface area contributed by atoms with Crippen molar-refractivity contribution in [2.24, 2.45) is 5.92 Å². The van der Waals surface area contributed by atoms with Gasteiger partial charge in [-0.05, 0) is 30.2 Å². The summed E-state index contributed by atoms with van der Waals surface area (Å²) >= 11 is 0. The maximum absolute atomic E-state index is 12.8. The summed E-state index contributed by atoms with van der Waals surface area (Å²) in [6.07, 6.45) is 2.19. The van der Waals surface area contributed by atoms with E-state index in [1.165, 1.54) is 11.1 Å². The van der Waals surface area contributed by atoms with E-state index in [-0.39, 0.29) is 11.9 Å². The fraction of sp³-hybridized carbons (Fsp3) is 0.211. The molecule has 2 aromatic rings. The molecule has 2 heterocycles. The first kappa shape index (κ1) is 12.4. The molecule has 0 unspecified atom stereocenters. The molecule has 4 rings (SSSR count). The number of nitrogens with zero attached hydrogens (tertiary/aromatic N) is 1. The summed E-state index contributed by atoms with van der Waals surface area (Å²) in [6.45, 7) is 4.30. The van der Waals surface area contributed by atoms with E-state index in [1.54, 1.807) is 0 Å². The Hall–Kier alpha value is -2.35. The Morgan fingerprint density at radius 1 is 1.00 bits per heavy atom. The zero-order valence-corrected chi connectivity index (χ0v) is 12.2. The van der Waals surface area contributed by atoms with Gasteiger partial charge in [-0.2, -0.15) is 0 Å². The quantitative estimate of drug-likeness (QED) is 0.696. The molecule has 1 amide bonds. The van der Waals surface area contributed by atoms with E-state index < -0.39 is 0 Å². The van der Waals surface area contributed by atoms with Crippen molar-refractivity contribution in [2.45, 2.75) is 19.9 Å². The molecule has 21 heavy (non-hydrogen) atoms. The molecule has 2 aliphatic rings. The van der Waals surface area contributed by atoms with Crippen LogP contribution in [0.2, 0.25) is 0 Å². The van der Waals surface area contributed by atoms with Gasteiger partial charge in [0.25, 0.3) is 5.91 Å². The van der Waals surface area contributed by atoms with Crippen LogP contribution in [0.1, 0.15) is 41.4 Å². The second kappa shape index (κ2) is 4.32. The van der Waals surface area contributed by atoms with Crippen LogP contribution < -0.4 is 4.90 Å². The molecule has 0 aliphatic carbocycles. The minimum absolute atomic E-state index is 0.120. The summed E-state index contributed by atoms with van der Waals surface area (Å²) < 4.78 is 0.